The van der Waals surface area contributed by atoms with E-state index in [2.05, 4.69) is 39.4 Å². The van der Waals surface area contributed by atoms with Gasteiger partial charge in [-0.3, -0.25) is 9.69 Å². The van der Waals surface area contributed by atoms with Gasteiger partial charge < -0.3 is 9.88 Å². The van der Waals surface area contributed by atoms with Crippen LogP contribution < -0.4 is 5.32 Å². The standard InChI is InChI=1S/C19H26N4OS/c1-14-19-21-15(12-18(24)20-8-7-17-6-3-11-25-17)13-22(19)9-10-23(14)16-4-2-5-16/h3,6,11,13-14,16H,2,4-5,7-10,12H2,1H3,(H,20,24)/t14-/m0/s1. The highest BCUT2D eigenvalue weighted by molar-refractivity contribution is 7.09. The van der Waals surface area contributed by atoms with E-state index in [0.717, 1.165) is 37.1 Å². The normalized spacial score (nSPS) is 20.9. The molecule has 0 spiro atoms. The summed E-state index contributed by atoms with van der Waals surface area (Å²) in [5.74, 6) is 1.19. The van der Waals surface area contributed by atoms with Crippen LogP contribution in [0.15, 0.2) is 23.7 Å². The molecule has 0 radical (unpaired) electrons. The van der Waals surface area contributed by atoms with E-state index in [0.29, 0.717) is 19.0 Å². The maximum absolute atomic E-state index is 12.2. The van der Waals surface area contributed by atoms with Crippen molar-refractivity contribution >= 4 is 17.2 Å². The summed E-state index contributed by atoms with van der Waals surface area (Å²) in [5.41, 5.74) is 0.894. The number of fused-ring (bicyclic) bond motifs is 1. The monoisotopic (exact) mass is 358 g/mol. The molecule has 1 atom stereocenters. The van der Waals surface area contributed by atoms with Gasteiger partial charge in [0.2, 0.25) is 5.91 Å². The Morgan fingerprint density at radius 1 is 1.40 bits per heavy atom. The predicted octanol–water partition coefficient (Wildman–Crippen LogP) is 2.78. The number of carbonyl (C=O) groups excluding carboxylic acids is 1. The van der Waals surface area contributed by atoms with Crippen molar-refractivity contribution in [3.8, 4) is 0 Å². The largest absolute Gasteiger partial charge is 0.355 e. The Bertz CT molecular complexity index is 720. The van der Waals surface area contributed by atoms with E-state index in [1.807, 2.05) is 6.07 Å². The van der Waals surface area contributed by atoms with E-state index >= 15 is 0 Å². The molecule has 2 aromatic heterocycles. The van der Waals surface area contributed by atoms with Crippen LogP contribution in [0.25, 0.3) is 0 Å². The van der Waals surface area contributed by atoms with Crippen LogP contribution in [0, 0.1) is 0 Å². The zero-order chi connectivity index (χ0) is 17.2. The Balaban J connectivity index is 1.32. The average Bonchev–Trinajstić information content (AvgIpc) is 3.18. The van der Waals surface area contributed by atoms with Crippen LogP contribution >= 0.6 is 11.3 Å². The van der Waals surface area contributed by atoms with Crippen molar-refractivity contribution in [1.29, 1.82) is 0 Å². The van der Waals surface area contributed by atoms with Gasteiger partial charge in [-0.25, -0.2) is 4.98 Å². The zero-order valence-corrected chi connectivity index (χ0v) is 15.6. The molecule has 0 saturated heterocycles. The first-order valence-electron chi connectivity index (χ1n) is 9.31. The Morgan fingerprint density at radius 3 is 3.00 bits per heavy atom. The Labute approximate surface area is 153 Å². The summed E-state index contributed by atoms with van der Waals surface area (Å²) < 4.78 is 2.24. The van der Waals surface area contributed by atoms with Gasteiger partial charge in [-0.2, -0.15) is 0 Å². The fourth-order valence-corrected chi connectivity index (χ4v) is 4.58. The minimum Gasteiger partial charge on any atom is -0.355 e. The summed E-state index contributed by atoms with van der Waals surface area (Å²) >= 11 is 1.73. The van der Waals surface area contributed by atoms with Crippen LogP contribution in [0.1, 0.15) is 48.6 Å². The van der Waals surface area contributed by atoms with Crippen molar-refractivity contribution in [2.75, 3.05) is 13.1 Å². The smallest absolute Gasteiger partial charge is 0.226 e. The van der Waals surface area contributed by atoms with E-state index in [9.17, 15) is 4.79 Å². The van der Waals surface area contributed by atoms with Crippen LogP contribution in [0.4, 0.5) is 0 Å². The number of rotatable bonds is 6. The number of nitrogens with zero attached hydrogens (tertiary/aromatic N) is 3. The first kappa shape index (κ1) is 16.8. The van der Waals surface area contributed by atoms with Crippen molar-refractivity contribution in [3.05, 3.63) is 40.1 Å². The van der Waals surface area contributed by atoms with Crippen LogP contribution in [0.5, 0.6) is 0 Å². The SMILES string of the molecule is C[C@H]1c2nc(CC(=O)NCCc3cccs3)cn2CCN1C1CCC1. The fraction of sp³-hybridized carbons (Fsp3) is 0.579. The van der Waals surface area contributed by atoms with E-state index < -0.39 is 0 Å². The average molecular weight is 359 g/mol. The maximum atomic E-state index is 12.2. The first-order chi connectivity index (χ1) is 12.2. The number of nitrogens with one attached hydrogen (secondary N) is 1. The van der Waals surface area contributed by atoms with Crippen molar-refractivity contribution in [3.63, 3.8) is 0 Å². The predicted molar refractivity (Wildman–Crippen MR) is 99.7 cm³/mol. The molecule has 1 N–H and O–H groups in total. The summed E-state index contributed by atoms with van der Waals surface area (Å²) in [5, 5.41) is 5.08. The Morgan fingerprint density at radius 2 is 2.28 bits per heavy atom. The third-order valence-electron chi connectivity index (χ3n) is 5.49. The van der Waals surface area contributed by atoms with Crippen molar-refractivity contribution < 1.29 is 4.79 Å². The molecular weight excluding hydrogens is 332 g/mol. The van der Waals surface area contributed by atoms with Gasteiger partial charge in [0.1, 0.15) is 5.82 Å². The number of thiophene rings is 1. The molecule has 5 nitrogen and oxygen atoms in total. The van der Waals surface area contributed by atoms with Crippen LogP contribution in [0.2, 0.25) is 0 Å². The summed E-state index contributed by atoms with van der Waals surface area (Å²) in [6.07, 6.45) is 7.36. The minimum atomic E-state index is 0.0653. The molecule has 2 aliphatic rings. The van der Waals surface area contributed by atoms with Gasteiger partial charge in [-0.15, -0.1) is 11.3 Å². The molecule has 4 rings (SSSR count). The number of amides is 1. The van der Waals surface area contributed by atoms with Gasteiger partial charge in [0.05, 0.1) is 18.2 Å². The zero-order valence-electron chi connectivity index (χ0n) is 14.8. The molecule has 1 amide bonds. The van der Waals surface area contributed by atoms with Gasteiger partial charge in [-0.05, 0) is 37.6 Å². The third kappa shape index (κ3) is 3.65. The molecule has 1 aliphatic carbocycles. The lowest BCUT2D eigenvalue weighted by Crippen LogP contribution is -2.46. The highest BCUT2D eigenvalue weighted by Gasteiger charge is 2.34. The molecular formula is C19H26N4OS. The van der Waals surface area contributed by atoms with Crippen LogP contribution in [-0.4, -0.2) is 39.5 Å². The highest BCUT2D eigenvalue weighted by atomic mass is 32.1. The van der Waals surface area contributed by atoms with E-state index in [-0.39, 0.29) is 5.91 Å². The third-order valence-corrected chi connectivity index (χ3v) is 6.42. The lowest BCUT2D eigenvalue weighted by atomic mass is 9.90. The molecule has 3 heterocycles. The van der Waals surface area contributed by atoms with Gasteiger partial charge >= 0.3 is 0 Å². The number of hydrogen-bond acceptors (Lipinski definition) is 4. The molecule has 1 saturated carbocycles. The number of hydrogen-bond donors (Lipinski definition) is 1. The lowest BCUT2D eigenvalue weighted by molar-refractivity contribution is -0.120. The topological polar surface area (TPSA) is 50.2 Å². The van der Waals surface area contributed by atoms with E-state index in [1.54, 1.807) is 11.3 Å². The molecule has 0 aromatic carbocycles. The van der Waals surface area contributed by atoms with Crippen molar-refractivity contribution in [2.24, 2.45) is 0 Å². The molecule has 1 aliphatic heterocycles. The van der Waals surface area contributed by atoms with Gasteiger partial charge in [0, 0.05) is 36.8 Å². The Kier molecular flexibility index (Phi) is 4.90. The van der Waals surface area contributed by atoms with Crippen LogP contribution in [-0.2, 0) is 24.2 Å². The lowest BCUT2D eigenvalue weighted by Gasteiger charge is -2.43. The van der Waals surface area contributed by atoms with Gasteiger partial charge in [0.15, 0.2) is 0 Å². The van der Waals surface area contributed by atoms with Gasteiger partial charge in [-0.1, -0.05) is 12.5 Å². The second kappa shape index (κ2) is 7.30. The highest BCUT2D eigenvalue weighted by Crippen LogP contribution is 2.34. The molecule has 6 heteroatoms. The molecule has 1 fully saturated rings. The molecule has 25 heavy (non-hydrogen) atoms. The minimum absolute atomic E-state index is 0.0653. The Hall–Kier alpha value is -1.66. The first-order valence-corrected chi connectivity index (χ1v) is 10.2. The summed E-state index contributed by atoms with van der Waals surface area (Å²) in [4.78, 5) is 20.9. The second-order valence-electron chi connectivity index (χ2n) is 7.14. The number of imidazole rings is 1. The number of carbonyl (C=O) groups is 1. The molecule has 0 unspecified atom stereocenters. The second-order valence-corrected chi connectivity index (χ2v) is 8.17. The van der Waals surface area contributed by atoms with E-state index in [1.165, 1.54) is 24.1 Å². The molecule has 0 bridgehead atoms. The maximum Gasteiger partial charge on any atom is 0.226 e. The van der Waals surface area contributed by atoms with Gasteiger partial charge in [0.25, 0.3) is 0 Å². The number of aromatic nitrogens is 2. The molecule has 134 valence electrons. The van der Waals surface area contributed by atoms with Crippen LogP contribution in [0.3, 0.4) is 0 Å². The quantitative estimate of drug-likeness (QED) is 0.864. The van der Waals surface area contributed by atoms with Crippen molar-refractivity contribution in [2.45, 2.75) is 57.7 Å². The van der Waals surface area contributed by atoms with E-state index in [4.69, 9.17) is 4.98 Å². The summed E-state index contributed by atoms with van der Waals surface area (Å²) in [6, 6.07) is 5.25. The fourth-order valence-electron chi connectivity index (χ4n) is 3.87. The summed E-state index contributed by atoms with van der Waals surface area (Å²) in [6.45, 7) is 5.03. The van der Waals surface area contributed by atoms with Crippen molar-refractivity contribution in [1.82, 2.24) is 19.8 Å². The molecule has 2 aromatic rings. The summed E-state index contributed by atoms with van der Waals surface area (Å²) in [7, 11) is 0.